The van der Waals surface area contributed by atoms with Crippen molar-refractivity contribution in [1.82, 2.24) is 29.7 Å². The highest BCUT2D eigenvalue weighted by Crippen LogP contribution is 2.21. The molecule has 252 valence electrons. The molecule has 17 heteroatoms. The van der Waals surface area contributed by atoms with Gasteiger partial charge in [-0.2, -0.15) is 9.97 Å². The maximum absolute atomic E-state index is 13.5. The molecule has 2 rings (SSSR count). The van der Waals surface area contributed by atoms with Gasteiger partial charge in [-0.15, -0.1) is 6.42 Å². The molecule has 2 atom stereocenters. The Bertz CT molecular complexity index is 1480. The number of amides is 2. The van der Waals surface area contributed by atoms with Crippen molar-refractivity contribution < 1.29 is 33.3 Å². The molecule has 46 heavy (non-hydrogen) atoms. The summed E-state index contributed by atoms with van der Waals surface area (Å²) in [6.07, 6.45) is 7.09. The van der Waals surface area contributed by atoms with E-state index in [0.29, 0.717) is 33.0 Å². The molecule has 0 unspecified atom stereocenters. The average Bonchev–Trinajstić information content (AvgIpc) is 3.29. The van der Waals surface area contributed by atoms with Crippen molar-refractivity contribution in [3.63, 3.8) is 0 Å². The van der Waals surface area contributed by atoms with Crippen LogP contribution in [0.4, 0.5) is 5.82 Å². The van der Waals surface area contributed by atoms with Gasteiger partial charge in [-0.1, -0.05) is 33.1 Å². The molecule has 0 bridgehead atoms. The standard InChI is InChI=1S/C29H42N8O8S/c1-6-8-11-45-28-34-24(30)23-25(35-28)36(10-7-2)29(41)37(23)27(40)20(5)32-26(39)22(19(3)4)33-21(38)17-44-16-15-43-14-13-42-12-9-31-18-46/h2,19-20,22H,6,8-17H2,1,3-5H3,(H,32,39)(H,33,38)(H2,30,34,35)/t20-,22-/m0/s1. The van der Waals surface area contributed by atoms with Gasteiger partial charge in [0.15, 0.2) is 11.5 Å². The number of aromatic nitrogens is 4. The molecule has 2 aromatic rings. The van der Waals surface area contributed by atoms with E-state index in [4.69, 9.17) is 31.1 Å². The van der Waals surface area contributed by atoms with Gasteiger partial charge < -0.3 is 35.3 Å². The summed E-state index contributed by atoms with van der Waals surface area (Å²) in [5.41, 5.74) is 5.31. The van der Waals surface area contributed by atoms with Crippen molar-refractivity contribution in [1.29, 1.82) is 0 Å². The van der Waals surface area contributed by atoms with Crippen LogP contribution in [0, 0.1) is 18.3 Å². The summed E-state index contributed by atoms with van der Waals surface area (Å²) >= 11 is 4.47. The molecule has 2 aromatic heterocycles. The third-order valence-electron chi connectivity index (χ3n) is 6.36. The number of unbranched alkanes of at least 4 members (excludes halogenated alkanes) is 1. The number of anilines is 1. The summed E-state index contributed by atoms with van der Waals surface area (Å²) in [7, 11) is 0. The lowest BCUT2D eigenvalue weighted by molar-refractivity contribution is -0.133. The quantitative estimate of drug-likeness (QED) is 0.0721. The van der Waals surface area contributed by atoms with Crippen LogP contribution in [0.3, 0.4) is 0 Å². The van der Waals surface area contributed by atoms with Crippen molar-refractivity contribution in [3.8, 4) is 18.4 Å². The largest absolute Gasteiger partial charge is 0.463 e. The smallest absolute Gasteiger partial charge is 0.338 e. The van der Waals surface area contributed by atoms with Crippen LogP contribution >= 0.6 is 12.2 Å². The van der Waals surface area contributed by atoms with Crippen molar-refractivity contribution in [3.05, 3.63) is 10.5 Å². The number of ether oxygens (including phenoxy) is 4. The van der Waals surface area contributed by atoms with Crippen LogP contribution in [0.1, 0.15) is 45.3 Å². The minimum atomic E-state index is -1.21. The molecule has 4 N–H and O–H groups in total. The summed E-state index contributed by atoms with van der Waals surface area (Å²) in [6, 6.07) is -2.27. The molecule has 0 spiro atoms. The van der Waals surface area contributed by atoms with E-state index < -0.39 is 35.5 Å². The fourth-order valence-electron chi connectivity index (χ4n) is 4.03. The van der Waals surface area contributed by atoms with Gasteiger partial charge in [0.05, 0.1) is 57.9 Å². The van der Waals surface area contributed by atoms with Gasteiger partial charge in [0.1, 0.15) is 24.2 Å². The number of isothiocyanates is 1. The van der Waals surface area contributed by atoms with Crippen LogP contribution in [-0.2, 0) is 30.3 Å². The molecule has 0 aliphatic heterocycles. The van der Waals surface area contributed by atoms with Gasteiger partial charge in [0, 0.05) is 0 Å². The van der Waals surface area contributed by atoms with Gasteiger partial charge in [-0.05, 0) is 31.5 Å². The SMILES string of the molecule is C#CCn1c(=O)n(C(=O)[C@H](C)NC(=O)[C@@H](NC(=O)COCCOCCOCCN=C=S)C(C)C)c2c(N)nc(OCCCC)nc21. The minimum absolute atomic E-state index is 0.0213. The first-order valence-electron chi connectivity index (χ1n) is 14.8. The third-order valence-corrected chi connectivity index (χ3v) is 6.49. The second-order valence-corrected chi connectivity index (χ2v) is 10.5. The Morgan fingerprint density at radius 1 is 1.04 bits per heavy atom. The zero-order chi connectivity index (χ0) is 34.1. The van der Waals surface area contributed by atoms with Crippen LogP contribution in [-0.4, -0.2) is 107 Å². The Hall–Kier alpha value is -4.20. The second-order valence-electron chi connectivity index (χ2n) is 10.3. The fraction of sp³-hybridized carbons (Fsp3) is 0.621. The highest BCUT2D eigenvalue weighted by Gasteiger charge is 2.30. The summed E-state index contributed by atoms with van der Waals surface area (Å²) in [5, 5.41) is 7.43. The Kier molecular flexibility index (Phi) is 16.5. The number of terminal acetylenes is 1. The number of thiocarbonyl (C=S) groups is 1. The monoisotopic (exact) mass is 662 g/mol. The molecule has 0 fully saturated rings. The number of nitrogens with two attached hydrogens (primary N) is 1. The number of nitrogens with one attached hydrogen (secondary N) is 2. The Labute approximate surface area is 272 Å². The summed E-state index contributed by atoms with van der Waals surface area (Å²) < 4.78 is 23.4. The van der Waals surface area contributed by atoms with Gasteiger partial charge in [-0.25, -0.2) is 14.4 Å². The predicted octanol–water partition coefficient (Wildman–Crippen LogP) is 0.426. The van der Waals surface area contributed by atoms with E-state index in [1.54, 1.807) is 13.8 Å². The molecule has 0 saturated heterocycles. The minimum Gasteiger partial charge on any atom is -0.463 e. The first-order valence-corrected chi connectivity index (χ1v) is 15.2. The Morgan fingerprint density at radius 2 is 1.72 bits per heavy atom. The molecule has 16 nitrogen and oxygen atoms in total. The molecule has 0 aromatic carbocycles. The molecule has 0 aliphatic rings. The Balaban J connectivity index is 2.01. The van der Waals surface area contributed by atoms with E-state index >= 15 is 0 Å². The number of nitrogen functional groups attached to an aromatic ring is 1. The highest BCUT2D eigenvalue weighted by atomic mass is 32.1. The lowest BCUT2D eigenvalue weighted by atomic mass is 10.0. The van der Waals surface area contributed by atoms with Crippen LogP contribution in [0.5, 0.6) is 6.01 Å². The van der Waals surface area contributed by atoms with E-state index in [2.05, 4.69) is 48.9 Å². The second kappa shape index (κ2) is 20.0. The van der Waals surface area contributed by atoms with Crippen LogP contribution in [0.15, 0.2) is 9.79 Å². The van der Waals surface area contributed by atoms with E-state index in [-0.39, 0.29) is 55.3 Å². The summed E-state index contributed by atoms with van der Waals surface area (Å²) in [5.74, 6) is -0.138. The lowest BCUT2D eigenvalue weighted by Crippen LogP contribution is -2.54. The molecule has 0 saturated carbocycles. The fourth-order valence-corrected chi connectivity index (χ4v) is 4.12. The Morgan fingerprint density at radius 3 is 2.35 bits per heavy atom. The highest BCUT2D eigenvalue weighted by molar-refractivity contribution is 7.78. The number of imidazole rings is 1. The van der Waals surface area contributed by atoms with Gasteiger partial charge in [-0.3, -0.25) is 19.0 Å². The first kappa shape index (κ1) is 38.0. The van der Waals surface area contributed by atoms with Crippen molar-refractivity contribution in [2.45, 2.75) is 59.2 Å². The van der Waals surface area contributed by atoms with E-state index in [1.807, 2.05) is 6.92 Å². The maximum Gasteiger partial charge on any atom is 0.338 e. The van der Waals surface area contributed by atoms with Gasteiger partial charge in [0.25, 0.3) is 5.91 Å². The number of carbonyl (C=O) groups excluding carboxylic acids is 3. The first-order chi connectivity index (χ1) is 22.1. The molecule has 2 heterocycles. The lowest BCUT2D eigenvalue weighted by Gasteiger charge is -2.23. The number of hydrogen-bond donors (Lipinski definition) is 3. The maximum atomic E-state index is 13.5. The van der Waals surface area contributed by atoms with Crippen molar-refractivity contribution >= 4 is 52.1 Å². The summed E-state index contributed by atoms with van der Waals surface area (Å²) in [6.45, 7) is 8.62. The molecule has 0 aliphatic carbocycles. The molecule has 0 radical (unpaired) electrons. The normalized spacial score (nSPS) is 12.3. The summed E-state index contributed by atoms with van der Waals surface area (Å²) in [4.78, 5) is 64.6. The van der Waals surface area contributed by atoms with Crippen LogP contribution in [0.2, 0.25) is 0 Å². The number of fused-ring (bicyclic) bond motifs is 1. The molecular formula is C29H42N8O8S. The van der Waals surface area contributed by atoms with Crippen LogP contribution < -0.4 is 26.8 Å². The number of nitrogens with zero attached hydrogens (tertiary/aromatic N) is 5. The number of carbonyl (C=O) groups is 3. The van der Waals surface area contributed by atoms with Crippen molar-refractivity contribution in [2.75, 3.05) is 58.5 Å². The number of rotatable bonds is 21. The molecule has 2 amide bonds. The topological polar surface area (TPSA) is 203 Å². The molecular weight excluding hydrogens is 620 g/mol. The van der Waals surface area contributed by atoms with E-state index in [9.17, 15) is 19.2 Å². The third kappa shape index (κ3) is 11.3. The zero-order valence-corrected chi connectivity index (χ0v) is 27.4. The van der Waals surface area contributed by atoms with Crippen LogP contribution in [0.25, 0.3) is 11.2 Å². The van der Waals surface area contributed by atoms with Gasteiger partial charge in [0.2, 0.25) is 11.8 Å². The number of aliphatic imine (C=N–C) groups is 1. The van der Waals surface area contributed by atoms with E-state index in [1.165, 1.54) is 6.92 Å². The number of hydrogen-bond acceptors (Lipinski definition) is 13. The van der Waals surface area contributed by atoms with E-state index in [0.717, 1.165) is 22.0 Å². The van der Waals surface area contributed by atoms with Crippen molar-refractivity contribution in [2.24, 2.45) is 10.9 Å². The van der Waals surface area contributed by atoms with Gasteiger partial charge >= 0.3 is 11.7 Å². The zero-order valence-electron chi connectivity index (χ0n) is 26.6. The average molecular weight is 663 g/mol. The predicted molar refractivity (Wildman–Crippen MR) is 173 cm³/mol.